The number of fused-ring (bicyclic) bond motifs is 1. The number of nitrogens with zero attached hydrogens (tertiary/aromatic N) is 1. The van der Waals surface area contributed by atoms with Gasteiger partial charge in [0.05, 0.1) is 5.52 Å². The van der Waals surface area contributed by atoms with Gasteiger partial charge < -0.3 is 10.7 Å². The quantitative estimate of drug-likeness (QED) is 0.855. The molecule has 0 radical (unpaired) electrons. The first kappa shape index (κ1) is 11.7. The van der Waals surface area contributed by atoms with Crippen LogP contribution in [0.3, 0.4) is 0 Å². The van der Waals surface area contributed by atoms with E-state index in [0.717, 1.165) is 23.9 Å². The van der Waals surface area contributed by atoms with Gasteiger partial charge in [0, 0.05) is 29.7 Å². The lowest BCUT2D eigenvalue weighted by atomic mass is 9.98. The third-order valence-corrected chi connectivity index (χ3v) is 4.02. The van der Waals surface area contributed by atoms with Crippen LogP contribution in [0.2, 0.25) is 0 Å². The molecule has 1 saturated heterocycles. The van der Waals surface area contributed by atoms with Crippen molar-refractivity contribution in [1.82, 2.24) is 9.88 Å². The summed E-state index contributed by atoms with van der Waals surface area (Å²) in [5.74, 6) is 0.353. The molecule has 3 N–H and O–H groups in total. The van der Waals surface area contributed by atoms with Gasteiger partial charge in [-0.3, -0.25) is 4.90 Å². The van der Waals surface area contributed by atoms with Crippen molar-refractivity contribution in [3.8, 4) is 0 Å². The van der Waals surface area contributed by atoms with E-state index in [1.807, 2.05) is 25.2 Å². The molecule has 18 heavy (non-hydrogen) atoms. The summed E-state index contributed by atoms with van der Waals surface area (Å²) in [6.07, 6.45) is 2.72. The average Bonchev–Trinajstić information content (AvgIpc) is 2.96. The van der Waals surface area contributed by atoms with Gasteiger partial charge in [-0.25, -0.2) is 4.39 Å². The molecule has 0 spiro atoms. The van der Waals surface area contributed by atoms with Gasteiger partial charge in [0.1, 0.15) is 0 Å². The van der Waals surface area contributed by atoms with E-state index in [-0.39, 0.29) is 11.9 Å². The molecule has 0 saturated carbocycles. The van der Waals surface area contributed by atoms with E-state index >= 15 is 0 Å². The Morgan fingerprint density at radius 3 is 3.00 bits per heavy atom. The summed E-state index contributed by atoms with van der Waals surface area (Å²) >= 11 is 0. The maximum Gasteiger partial charge on any atom is 0.152 e. The Morgan fingerprint density at radius 1 is 1.44 bits per heavy atom. The van der Waals surface area contributed by atoms with E-state index in [0.29, 0.717) is 18.0 Å². The largest absolute Gasteiger partial charge is 0.359 e. The van der Waals surface area contributed by atoms with E-state index in [1.54, 1.807) is 6.20 Å². The van der Waals surface area contributed by atoms with E-state index < -0.39 is 0 Å². The fourth-order valence-corrected chi connectivity index (χ4v) is 3.00. The molecule has 0 aliphatic carbocycles. The van der Waals surface area contributed by atoms with Gasteiger partial charge in [0.15, 0.2) is 5.82 Å². The highest BCUT2D eigenvalue weighted by Crippen LogP contribution is 2.36. The van der Waals surface area contributed by atoms with Crippen LogP contribution in [0.25, 0.3) is 10.9 Å². The number of halogens is 1. The molecule has 2 atom stereocenters. The molecular formula is C14H18FN3. The van der Waals surface area contributed by atoms with Gasteiger partial charge >= 0.3 is 0 Å². The van der Waals surface area contributed by atoms with E-state index in [4.69, 9.17) is 5.73 Å². The number of rotatable bonds is 2. The molecule has 1 aliphatic heterocycles. The maximum absolute atomic E-state index is 14.5. The molecule has 0 amide bonds. The van der Waals surface area contributed by atoms with Crippen LogP contribution in [0.5, 0.6) is 0 Å². The SMILES string of the molecule is CN1CC(CN)CC1c1ccc2cc[nH]c2c1F. The third-order valence-electron chi connectivity index (χ3n) is 4.02. The van der Waals surface area contributed by atoms with Crippen molar-refractivity contribution in [1.29, 1.82) is 0 Å². The summed E-state index contributed by atoms with van der Waals surface area (Å²) < 4.78 is 14.5. The van der Waals surface area contributed by atoms with E-state index in [9.17, 15) is 4.39 Å². The molecule has 1 aliphatic rings. The number of hydrogen-bond acceptors (Lipinski definition) is 2. The number of aromatic amines is 1. The van der Waals surface area contributed by atoms with Crippen LogP contribution in [0.4, 0.5) is 4.39 Å². The summed E-state index contributed by atoms with van der Waals surface area (Å²) in [5, 5.41) is 0.923. The molecule has 2 aromatic rings. The number of hydrogen-bond donors (Lipinski definition) is 2. The zero-order valence-electron chi connectivity index (χ0n) is 10.5. The van der Waals surface area contributed by atoms with Crippen LogP contribution in [0.1, 0.15) is 18.0 Å². The fourth-order valence-electron chi connectivity index (χ4n) is 3.00. The van der Waals surface area contributed by atoms with Crippen LogP contribution in [0.15, 0.2) is 24.4 Å². The van der Waals surface area contributed by atoms with Gasteiger partial charge in [-0.1, -0.05) is 12.1 Å². The predicted molar refractivity (Wildman–Crippen MR) is 70.8 cm³/mol. The maximum atomic E-state index is 14.5. The first-order chi connectivity index (χ1) is 8.70. The molecule has 4 heteroatoms. The van der Waals surface area contributed by atoms with Crippen molar-refractivity contribution in [3.05, 3.63) is 35.8 Å². The highest BCUT2D eigenvalue weighted by Gasteiger charge is 2.31. The molecular weight excluding hydrogens is 229 g/mol. The van der Waals surface area contributed by atoms with Crippen molar-refractivity contribution in [2.24, 2.45) is 11.7 Å². The summed E-state index contributed by atoms with van der Waals surface area (Å²) in [4.78, 5) is 5.17. The van der Waals surface area contributed by atoms with Gasteiger partial charge in [-0.2, -0.15) is 0 Å². The molecule has 3 nitrogen and oxygen atoms in total. The molecule has 2 heterocycles. The number of aromatic nitrogens is 1. The van der Waals surface area contributed by atoms with Crippen LogP contribution in [-0.4, -0.2) is 30.0 Å². The standard InChI is InChI=1S/C14H18FN3/c1-18-8-9(7-16)6-12(18)11-3-2-10-4-5-17-14(10)13(11)15/h2-5,9,12,17H,6-8,16H2,1H3. The van der Waals surface area contributed by atoms with Crippen molar-refractivity contribution in [3.63, 3.8) is 0 Å². The summed E-state index contributed by atoms with van der Waals surface area (Å²) in [6, 6.07) is 5.93. The van der Waals surface area contributed by atoms with Gasteiger partial charge in [-0.05, 0) is 32.0 Å². The number of benzene rings is 1. The third kappa shape index (κ3) is 1.72. The molecule has 1 aromatic carbocycles. The number of H-pyrrole nitrogens is 1. The van der Waals surface area contributed by atoms with Crippen molar-refractivity contribution < 1.29 is 4.39 Å². The minimum absolute atomic E-state index is 0.118. The molecule has 2 unspecified atom stereocenters. The van der Waals surface area contributed by atoms with Crippen LogP contribution in [0, 0.1) is 11.7 Å². The first-order valence-corrected chi connectivity index (χ1v) is 6.36. The molecule has 3 rings (SSSR count). The lowest BCUT2D eigenvalue weighted by Crippen LogP contribution is -2.21. The lowest BCUT2D eigenvalue weighted by Gasteiger charge is -2.20. The van der Waals surface area contributed by atoms with Gasteiger partial charge in [0.25, 0.3) is 0 Å². The first-order valence-electron chi connectivity index (χ1n) is 6.36. The van der Waals surface area contributed by atoms with E-state index in [2.05, 4.69) is 9.88 Å². The Labute approximate surface area is 106 Å². The van der Waals surface area contributed by atoms with Crippen molar-refractivity contribution >= 4 is 10.9 Å². The zero-order valence-corrected chi connectivity index (χ0v) is 10.5. The number of nitrogens with one attached hydrogen (secondary N) is 1. The Balaban J connectivity index is 2.01. The molecule has 96 valence electrons. The van der Waals surface area contributed by atoms with E-state index in [1.165, 1.54) is 0 Å². The monoisotopic (exact) mass is 247 g/mol. The van der Waals surface area contributed by atoms with Gasteiger partial charge in [0.2, 0.25) is 0 Å². The Bertz CT molecular complexity index is 563. The summed E-state index contributed by atoms with van der Waals surface area (Å²) in [5.41, 5.74) is 7.11. The molecule has 1 aromatic heterocycles. The fraction of sp³-hybridized carbons (Fsp3) is 0.429. The Kier molecular flexibility index (Phi) is 2.84. The van der Waals surface area contributed by atoms with Crippen LogP contribution in [-0.2, 0) is 0 Å². The summed E-state index contributed by atoms with van der Waals surface area (Å²) in [7, 11) is 2.04. The topological polar surface area (TPSA) is 45.0 Å². The number of nitrogens with two attached hydrogens (primary N) is 1. The van der Waals surface area contributed by atoms with Crippen LogP contribution < -0.4 is 5.73 Å². The Morgan fingerprint density at radius 2 is 2.28 bits per heavy atom. The van der Waals surface area contributed by atoms with Crippen molar-refractivity contribution in [2.75, 3.05) is 20.1 Å². The highest BCUT2D eigenvalue weighted by molar-refractivity contribution is 5.80. The van der Waals surface area contributed by atoms with Crippen LogP contribution >= 0.6 is 0 Å². The zero-order chi connectivity index (χ0) is 12.7. The predicted octanol–water partition coefficient (Wildman–Crippen LogP) is 2.26. The average molecular weight is 247 g/mol. The second-order valence-electron chi connectivity index (χ2n) is 5.20. The normalized spacial score (nSPS) is 25.1. The lowest BCUT2D eigenvalue weighted by molar-refractivity contribution is 0.307. The van der Waals surface area contributed by atoms with Gasteiger partial charge in [-0.15, -0.1) is 0 Å². The highest BCUT2D eigenvalue weighted by atomic mass is 19.1. The second kappa shape index (κ2) is 4.37. The number of likely N-dealkylation sites (tertiary alicyclic amines) is 1. The minimum atomic E-state index is -0.118. The smallest absolute Gasteiger partial charge is 0.152 e. The Hall–Kier alpha value is -1.39. The molecule has 0 bridgehead atoms. The summed E-state index contributed by atoms with van der Waals surface area (Å²) in [6.45, 7) is 1.62. The molecule has 1 fully saturated rings. The minimum Gasteiger partial charge on any atom is -0.359 e. The second-order valence-corrected chi connectivity index (χ2v) is 5.20. The van der Waals surface area contributed by atoms with Crippen molar-refractivity contribution in [2.45, 2.75) is 12.5 Å².